The summed E-state index contributed by atoms with van der Waals surface area (Å²) in [6, 6.07) is 11.6. The molecule has 8 heteroatoms. The predicted octanol–water partition coefficient (Wildman–Crippen LogP) is 3.85. The maximum absolute atomic E-state index is 12.2. The van der Waals surface area contributed by atoms with E-state index in [4.69, 9.17) is 17.0 Å². The van der Waals surface area contributed by atoms with Crippen molar-refractivity contribution in [1.82, 2.24) is 5.32 Å². The number of thiocarbonyl (C=S) groups is 1. The maximum Gasteiger partial charge on any atom is 0.312 e. The number of carbonyl (C=O) groups is 1. The Morgan fingerprint density at radius 2 is 1.85 bits per heavy atom. The number of nitro benzene ring substituents is 1. The van der Waals surface area contributed by atoms with Crippen LogP contribution in [-0.4, -0.2) is 23.1 Å². The van der Waals surface area contributed by atoms with Gasteiger partial charge in [0.25, 0.3) is 5.91 Å². The van der Waals surface area contributed by atoms with Gasteiger partial charge in [-0.3, -0.25) is 20.2 Å². The molecular weight excluding hydrogens is 354 g/mol. The number of benzene rings is 2. The Kier molecular flexibility index (Phi) is 6.24. The molecule has 26 heavy (non-hydrogen) atoms. The molecule has 0 bridgehead atoms. The molecule has 0 saturated heterocycles. The fourth-order valence-corrected chi connectivity index (χ4v) is 2.48. The van der Waals surface area contributed by atoms with Crippen molar-refractivity contribution in [3.63, 3.8) is 0 Å². The van der Waals surface area contributed by atoms with Crippen molar-refractivity contribution < 1.29 is 14.5 Å². The predicted molar refractivity (Wildman–Crippen MR) is 104 cm³/mol. The van der Waals surface area contributed by atoms with Crippen molar-refractivity contribution in [2.24, 2.45) is 0 Å². The molecule has 0 heterocycles. The van der Waals surface area contributed by atoms with Gasteiger partial charge in [0.1, 0.15) is 0 Å². The van der Waals surface area contributed by atoms with Gasteiger partial charge in [0.15, 0.2) is 10.9 Å². The minimum Gasteiger partial charge on any atom is -0.490 e. The number of hydrogen-bond acceptors (Lipinski definition) is 5. The lowest BCUT2D eigenvalue weighted by atomic mass is 10.0. The number of ether oxygens (including phenoxy) is 1. The molecule has 0 atom stereocenters. The van der Waals surface area contributed by atoms with Gasteiger partial charge in [0.05, 0.1) is 12.0 Å². The van der Waals surface area contributed by atoms with Crippen LogP contribution in [0.4, 0.5) is 11.4 Å². The Balaban J connectivity index is 2.05. The molecule has 0 aromatic heterocycles. The molecule has 0 aliphatic rings. The van der Waals surface area contributed by atoms with Crippen LogP contribution in [0.1, 0.15) is 35.7 Å². The standard InChI is InChI=1S/C18H19N3O4S/c1-11(2)12-4-6-13(7-5-12)17(22)20-18(26)19-14-8-9-16(25-3)15(10-14)21(23)24/h4-11H,1-3H3,(H2,19,20,22,26). The van der Waals surface area contributed by atoms with E-state index in [1.54, 1.807) is 18.2 Å². The minimum atomic E-state index is -0.554. The fraction of sp³-hybridized carbons (Fsp3) is 0.222. The molecule has 0 radical (unpaired) electrons. The Hall–Kier alpha value is -3.00. The normalized spacial score (nSPS) is 10.3. The summed E-state index contributed by atoms with van der Waals surface area (Å²) in [5.41, 5.74) is 1.78. The number of nitrogens with one attached hydrogen (secondary N) is 2. The molecule has 0 spiro atoms. The molecule has 0 unspecified atom stereocenters. The zero-order chi connectivity index (χ0) is 19.3. The Morgan fingerprint density at radius 3 is 2.38 bits per heavy atom. The Morgan fingerprint density at radius 1 is 1.19 bits per heavy atom. The Bertz CT molecular complexity index is 835. The van der Waals surface area contributed by atoms with Crippen molar-refractivity contribution in [2.75, 3.05) is 12.4 Å². The fourth-order valence-electron chi connectivity index (χ4n) is 2.27. The molecule has 2 aromatic rings. The van der Waals surface area contributed by atoms with Gasteiger partial charge < -0.3 is 10.1 Å². The molecule has 2 rings (SSSR count). The van der Waals surface area contributed by atoms with Crippen LogP contribution >= 0.6 is 12.2 Å². The third-order valence-electron chi connectivity index (χ3n) is 3.70. The van der Waals surface area contributed by atoms with Gasteiger partial charge in [-0.25, -0.2) is 0 Å². The monoisotopic (exact) mass is 373 g/mol. The molecule has 2 aromatic carbocycles. The first-order chi connectivity index (χ1) is 12.3. The summed E-state index contributed by atoms with van der Waals surface area (Å²) in [6.07, 6.45) is 0. The number of methoxy groups -OCH3 is 1. The number of rotatable bonds is 5. The zero-order valence-electron chi connectivity index (χ0n) is 14.6. The molecule has 0 aliphatic carbocycles. The number of carbonyl (C=O) groups excluding carboxylic acids is 1. The maximum atomic E-state index is 12.2. The number of hydrogen-bond donors (Lipinski definition) is 2. The largest absolute Gasteiger partial charge is 0.490 e. The zero-order valence-corrected chi connectivity index (χ0v) is 15.4. The Labute approximate surface area is 156 Å². The van der Waals surface area contributed by atoms with E-state index in [9.17, 15) is 14.9 Å². The van der Waals surface area contributed by atoms with E-state index < -0.39 is 4.92 Å². The molecule has 1 amide bonds. The van der Waals surface area contributed by atoms with E-state index in [0.29, 0.717) is 17.2 Å². The van der Waals surface area contributed by atoms with Crippen LogP contribution in [0.15, 0.2) is 42.5 Å². The lowest BCUT2D eigenvalue weighted by Crippen LogP contribution is -2.34. The third kappa shape index (κ3) is 4.76. The third-order valence-corrected chi connectivity index (χ3v) is 3.90. The molecule has 0 aliphatic heterocycles. The summed E-state index contributed by atoms with van der Waals surface area (Å²) in [5.74, 6) is 0.155. The second-order valence-corrected chi connectivity index (χ2v) is 6.24. The number of nitro groups is 1. The van der Waals surface area contributed by atoms with E-state index in [1.165, 1.54) is 19.2 Å². The summed E-state index contributed by atoms with van der Waals surface area (Å²) in [7, 11) is 1.35. The smallest absolute Gasteiger partial charge is 0.312 e. The second-order valence-electron chi connectivity index (χ2n) is 5.83. The van der Waals surface area contributed by atoms with Gasteiger partial charge in [-0.15, -0.1) is 0 Å². The molecule has 2 N–H and O–H groups in total. The highest BCUT2D eigenvalue weighted by molar-refractivity contribution is 7.80. The first-order valence-corrected chi connectivity index (χ1v) is 8.27. The van der Waals surface area contributed by atoms with Crippen molar-refractivity contribution in [3.05, 3.63) is 63.7 Å². The van der Waals surface area contributed by atoms with Crippen molar-refractivity contribution in [3.8, 4) is 5.75 Å². The molecular formula is C18H19N3O4S. The summed E-state index contributed by atoms with van der Waals surface area (Å²) in [4.78, 5) is 22.7. The highest BCUT2D eigenvalue weighted by Gasteiger charge is 2.16. The quantitative estimate of drug-likeness (QED) is 0.470. The average molecular weight is 373 g/mol. The summed E-state index contributed by atoms with van der Waals surface area (Å²) < 4.78 is 4.94. The number of anilines is 1. The van der Waals surface area contributed by atoms with E-state index in [1.807, 2.05) is 12.1 Å². The van der Waals surface area contributed by atoms with Gasteiger partial charge in [0.2, 0.25) is 0 Å². The van der Waals surface area contributed by atoms with E-state index in [0.717, 1.165) is 5.56 Å². The highest BCUT2D eigenvalue weighted by atomic mass is 32.1. The molecule has 0 fully saturated rings. The summed E-state index contributed by atoms with van der Waals surface area (Å²) >= 11 is 5.11. The van der Waals surface area contributed by atoms with Crippen LogP contribution < -0.4 is 15.4 Å². The lowest BCUT2D eigenvalue weighted by molar-refractivity contribution is -0.385. The van der Waals surface area contributed by atoms with Crippen LogP contribution in [-0.2, 0) is 0 Å². The van der Waals surface area contributed by atoms with Crippen molar-refractivity contribution in [2.45, 2.75) is 19.8 Å². The van der Waals surface area contributed by atoms with Gasteiger partial charge in [-0.2, -0.15) is 0 Å². The lowest BCUT2D eigenvalue weighted by Gasteiger charge is -2.11. The highest BCUT2D eigenvalue weighted by Crippen LogP contribution is 2.29. The first kappa shape index (κ1) is 19.3. The SMILES string of the molecule is COc1ccc(NC(=S)NC(=O)c2ccc(C(C)C)cc2)cc1[N+](=O)[O-]. The minimum absolute atomic E-state index is 0.0439. The van der Waals surface area contributed by atoms with Gasteiger partial charge in [-0.1, -0.05) is 26.0 Å². The second kappa shape index (κ2) is 8.39. The first-order valence-electron chi connectivity index (χ1n) is 7.86. The number of nitrogens with zero attached hydrogens (tertiary/aromatic N) is 1. The average Bonchev–Trinajstić information content (AvgIpc) is 2.61. The molecule has 0 saturated carbocycles. The summed E-state index contributed by atoms with van der Waals surface area (Å²) in [5, 5.41) is 16.4. The van der Waals surface area contributed by atoms with Crippen LogP contribution in [0.2, 0.25) is 0 Å². The van der Waals surface area contributed by atoms with Crippen molar-refractivity contribution >= 4 is 34.6 Å². The van der Waals surface area contributed by atoms with Crippen LogP contribution in [0.3, 0.4) is 0 Å². The van der Waals surface area contributed by atoms with Crippen molar-refractivity contribution in [1.29, 1.82) is 0 Å². The van der Waals surface area contributed by atoms with Gasteiger partial charge in [-0.05, 0) is 48.0 Å². The van der Waals surface area contributed by atoms with Crippen LogP contribution in [0.5, 0.6) is 5.75 Å². The van der Waals surface area contributed by atoms with Gasteiger partial charge in [0, 0.05) is 17.3 Å². The van der Waals surface area contributed by atoms with E-state index in [2.05, 4.69) is 24.5 Å². The number of amides is 1. The van der Waals surface area contributed by atoms with Crippen LogP contribution in [0, 0.1) is 10.1 Å². The van der Waals surface area contributed by atoms with Crippen LogP contribution in [0.25, 0.3) is 0 Å². The summed E-state index contributed by atoms with van der Waals surface area (Å²) in [6.45, 7) is 4.14. The molecule has 136 valence electrons. The van der Waals surface area contributed by atoms with E-state index >= 15 is 0 Å². The van der Waals surface area contributed by atoms with E-state index in [-0.39, 0.29) is 22.5 Å². The topological polar surface area (TPSA) is 93.5 Å². The van der Waals surface area contributed by atoms with Gasteiger partial charge >= 0.3 is 5.69 Å². The molecule has 7 nitrogen and oxygen atoms in total.